The minimum Gasteiger partial charge on any atom is -0.352 e. The SMILES string of the molecule is Cc1cc(F)cc(C(=O)NCCC(C)N)c1. The molecule has 3 nitrogen and oxygen atoms in total. The molecule has 0 aliphatic carbocycles. The third kappa shape index (κ3) is 3.98. The van der Waals surface area contributed by atoms with Crippen molar-refractivity contribution in [2.45, 2.75) is 26.3 Å². The fourth-order valence-corrected chi connectivity index (χ4v) is 1.38. The molecule has 1 aromatic carbocycles. The van der Waals surface area contributed by atoms with E-state index in [1.54, 1.807) is 13.0 Å². The summed E-state index contributed by atoms with van der Waals surface area (Å²) in [6, 6.07) is 4.33. The summed E-state index contributed by atoms with van der Waals surface area (Å²) in [5.74, 6) is -0.652. The van der Waals surface area contributed by atoms with E-state index in [0.29, 0.717) is 18.5 Å². The van der Waals surface area contributed by atoms with Crippen LogP contribution in [0.4, 0.5) is 4.39 Å². The first-order chi connectivity index (χ1) is 7.49. The molecule has 1 atom stereocenters. The van der Waals surface area contributed by atoms with Gasteiger partial charge in [0.2, 0.25) is 0 Å². The Labute approximate surface area is 94.8 Å². The number of nitrogens with one attached hydrogen (secondary N) is 1. The number of halogens is 1. The maximum absolute atomic E-state index is 13.0. The lowest BCUT2D eigenvalue weighted by molar-refractivity contribution is 0.0952. The molecule has 88 valence electrons. The Morgan fingerprint density at radius 2 is 2.19 bits per heavy atom. The summed E-state index contributed by atoms with van der Waals surface area (Å²) in [7, 11) is 0. The zero-order valence-corrected chi connectivity index (χ0v) is 9.59. The highest BCUT2D eigenvalue weighted by Crippen LogP contribution is 2.08. The molecule has 3 N–H and O–H groups in total. The Hall–Kier alpha value is -1.42. The van der Waals surface area contributed by atoms with E-state index in [9.17, 15) is 9.18 Å². The molecule has 0 aromatic heterocycles. The standard InChI is InChI=1S/C12H17FN2O/c1-8-5-10(7-11(13)6-8)12(16)15-4-3-9(2)14/h5-7,9H,3-4,14H2,1-2H3,(H,15,16). The maximum Gasteiger partial charge on any atom is 0.251 e. The number of carbonyl (C=O) groups excluding carboxylic acids is 1. The second-order valence-corrected chi connectivity index (χ2v) is 4.04. The number of benzene rings is 1. The number of carbonyl (C=O) groups is 1. The summed E-state index contributed by atoms with van der Waals surface area (Å²) in [5.41, 5.74) is 6.64. The zero-order chi connectivity index (χ0) is 12.1. The van der Waals surface area contributed by atoms with E-state index in [-0.39, 0.29) is 11.9 Å². The Balaban J connectivity index is 2.59. The Morgan fingerprint density at radius 3 is 2.75 bits per heavy atom. The van der Waals surface area contributed by atoms with Gasteiger partial charge in [-0.1, -0.05) is 0 Å². The Kier molecular flexibility index (Phi) is 4.43. The molecule has 4 heteroatoms. The molecule has 0 aliphatic heterocycles. The topological polar surface area (TPSA) is 55.1 Å². The lowest BCUT2D eigenvalue weighted by Crippen LogP contribution is -2.29. The van der Waals surface area contributed by atoms with Crippen molar-refractivity contribution in [3.63, 3.8) is 0 Å². The Morgan fingerprint density at radius 1 is 1.50 bits per heavy atom. The lowest BCUT2D eigenvalue weighted by atomic mass is 10.1. The number of hydrogen-bond acceptors (Lipinski definition) is 2. The first kappa shape index (κ1) is 12.6. The molecular formula is C12H17FN2O. The van der Waals surface area contributed by atoms with Crippen LogP contribution in [0, 0.1) is 12.7 Å². The van der Waals surface area contributed by atoms with Gasteiger partial charge in [0.1, 0.15) is 5.82 Å². The molecule has 16 heavy (non-hydrogen) atoms. The number of hydrogen-bond donors (Lipinski definition) is 2. The molecule has 0 fully saturated rings. The summed E-state index contributed by atoms with van der Waals surface area (Å²) < 4.78 is 13.0. The smallest absolute Gasteiger partial charge is 0.251 e. The van der Waals surface area contributed by atoms with E-state index in [1.807, 2.05) is 6.92 Å². The lowest BCUT2D eigenvalue weighted by Gasteiger charge is -2.07. The molecule has 1 rings (SSSR count). The molecule has 0 bridgehead atoms. The van der Waals surface area contributed by atoms with Crippen molar-refractivity contribution >= 4 is 5.91 Å². The highest BCUT2D eigenvalue weighted by molar-refractivity contribution is 5.94. The molecule has 0 heterocycles. The number of amides is 1. The minimum absolute atomic E-state index is 0.0505. The molecule has 1 aromatic rings. The average Bonchev–Trinajstić information content (AvgIpc) is 2.15. The summed E-state index contributed by atoms with van der Waals surface area (Å²) in [6.45, 7) is 4.13. The predicted molar refractivity (Wildman–Crippen MR) is 61.7 cm³/mol. The van der Waals surface area contributed by atoms with Gasteiger partial charge in [0.15, 0.2) is 0 Å². The van der Waals surface area contributed by atoms with Crippen molar-refractivity contribution in [1.29, 1.82) is 0 Å². The van der Waals surface area contributed by atoms with Gasteiger partial charge in [0.05, 0.1) is 0 Å². The largest absolute Gasteiger partial charge is 0.352 e. The molecule has 0 spiro atoms. The van der Waals surface area contributed by atoms with Crippen LogP contribution in [-0.4, -0.2) is 18.5 Å². The van der Waals surface area contributed by atoms with Crippen molar-refractivity contribution in [2.24, 2.45) is 5.73 Å². The van der Waals surface area contributed by atoms with Gasteiger partial charge in [0, 0.05) is 18.2 Å². The van der Waals surface area contributed by atoms with E-state index in [4.69, 9.17) is 5.73 Å². The molecule has 0 saturated carbocycles. The Bertz CT molecular complexity index is 357. The van der Waals surface area contributed by atoms with Crippen molar-refractivity contribution in [1.82, 2.24) is 5.32 Å². The van der Waals surface area contributed by atoms with Crippen LogP contribution in [-0.2, 0) is 0 Å². The summed E-state index contributed by atoms with van der Waals surface area (Å²) >= 11 is 0. The van der Waals surface area contributed by atoms with Gasteiger partial charge in [0.25, 0.3) is 5.91 Å². The summed E-state index contributed by atoms with van der Waals surface area (Å²) in [4.78, 5) is 11.6. The number of aryl methyl sites for hydroxylation is 1. The molecule has 1 unspecified atom stereocenters. The quantitative estimate of drug-likeness (QED) is 0.816. The summed E-state index contributed by atoms with van der Waals surface area (Å²) in [6.07, 6.45) is 0.708. The highest BCUT2D eigenvalue weighted by Gasteiger charge is 2.07. The minimum atomic E-state index is -0.391. The fraction of sp³-hybridized carbons (Fsp3) is 0.417. The fourth-order valence-electron chi connectivity index (χ4n) is 1.38. The molecular weight excluding hydrogens is 207 g/mol. The van der Waals surface area contributed by atoms with Crippen LogP contribution < -0.4 is 11.1 Å². The van der Waals surface area contributed by atoms with Crippen LogP contribution in [0.15, 0.2) is 18.2 Å². The van der Waals surface area contributed by atoms with Crippen molar-refractivity contribution in [3.05, 3.63) is 35.1 Å². The molecule has 1 amide bonds. The van der Waals surface area contributed by atoms with E-state index in [2.05, 4.69) is 5.32 Å². The number of nitrogens with two attached hydrogens (primary N) is 1. The van der Waals surface area contributed by atoms with Crippen LogP contribution in [0.1, 0.15) is 29.3 Å². The maximum atomic E-state index is 13.0. The van der Waals surface area contributed by atoms with Gasteiger partial charge < -0.3 is 11.1 Å². The number of rotatable bonds is 4. The van der Waals surface area contributed by atoms with Crippen molar-refractivity contribution < 1.29 is 9.18 Å². The van der Waals surface area contributed by atoms with Gasteiger partial charge >= 0.3 is 0 Å². The van der Waals surface area contributed by atoms with E-state index < -0.39 is 5.82 Å². The van der Waals surface area contributed by atoms with Gasteiger partial charge in [-0.25, -0.2) is 4.39 Å². The van der Waals surface area contributed by atoms with Crippen LogP contribution in [0.5, 0.6) is 0 Å². The van der Waals surface area contributed by atoms with Crippen molar-refractivity contribution in [2.75, 3.05) is 6.54 Å². The third-order valence-electron chi connectivity index (χ3n) is 2.19. The normalized spacial score (nSPS) is 12.2. The highest BCUT2D eigenvalue weighted by atomic mass is 19.1. The van der Waals surface area contributed by atoms with Crippen LogP contribution in [0.2, 0.25) is 0 Å². The molecule has 0 saturated heterocycles. The van der Waals surface area contributed by atoms with E-state index in [0.717, 1.165) is 5.56 Å². The van der Waals surface area contributed by atoms with E-state index in [1.165, 1.54) is 12.1 Å². The molecule has 0 aliphatic rings. The van der Waals surface area contributed by atoms with Crippen LogP contribution in [0.3, 0.4) is 0 Å². The van der Waals surface area contributed by atoms with E-state index >= 15 is 0 Å². The van der Waals surface area contributed by atoms with Gasteiger partial charge in [-0.2, -0.15) is 0 Å². The first-order valence-corrected chi connectivity index (χ1v) is 5.30. The first-order valence-electron chi connectivity index (χ1n) is 5.30. The van der Waals surface area contributed by atoms with Gasteiger partial charge in [-0.3, -0.25) is 4.79 Å². The third-order valence-corrected chi connectivity index (χ3v) is 2.19. The van der Waals surface area contributed by atoms with Gasteiger partial charge in [-0.05, 0) is 44.0 Å². The average molecular weight is 224 g/mol. The summed E-state index contributed by atoms with van der Waals surface area (Å²) in [5, 5.41) is 2.70. The molecule has 0 radical (unpaired) electrons. The monoisotopic (exact) mass is 224 g/mol. The second-order valence-electron chi connectivity index (χ2n) is 4.04. The van der Waals surface area contributed by atoms with Crippen LogP contribution in [0.25, 0.3) is 0 Å². The predicted octanol–water partition coefficient (Wildman–Crippen LogP) is 1.60. The van der Waals surface area contributed by atoms with Crippen molar-refractivity contribution in [3.8, 4) is 0 Å². The second kappa shape index (κ2) is 5.61. The van der Waals surface area contributed by atoms with Crippen LogP contribution >= 0.6 is 0 Å². The zero-order valence-electron chi connectivity index (χ0n) is 9.59. The van der Waals surface area contributed by atoms with Gasteiger partial charge in [-0.15, -0.1) is 0 Å².